The highest BCUT2D eigenvalue weighted by Crippen LogP contribution is 2.30. The van der Waals surface area contributed by atoms with Crippen LogP contribution in [0.4, 0.5) is 0 Å². The lowest BCUT2D eigenvalue weighted by atomic mass is 10.1. The summed E-state index contributed by atoms with van der Waals surface area (Å²) in [5.41, 5.74) is 0. The monoisotopic (exact) mass is 327 g/mol. The summed E-state index contributed by atoms with van der Waals surface area (Å²) in [6, 6.07) is 7.38. The molecule has 1 aromatic heterocycles. The Morgan fingerprint density at radius 2 is 2.11 bits per heavy atom. The van der Waals surface area contributed by atoms with Gasteiger partial charge in [0.2, 0.25) is 4.73 Å². The Labute approximate surface area is 118 Å². The van der Waals surface area contributed by atoms with Gasteiger partial charge in [-0.25, -0.2) is 9.67 Å². The van der Waals surface area contributed by atoms with Gasteiger partial charge in [-0.3, -0.25) is 0 Å². The number of rotatable bonds is 2. The minimum absolute atomic E-state index is 0.0428. The molecule has 0 bridgehead atoms. The van der Waals surface area contributed by atoms with Crippen molar-refractivity contribution in [3.05, 3.63) is 39.8 Å². The molecule has 1 unspecified atom stereocenters. The van der Waals surface area contributed by atoms with Gasteiger partial charge in [0.15, 0.2) is 11.9 Å². The third-order valence-corrected chi connectivity index (χ3v) is 3.48. The Kier molecular flexibility index (Phi) is 3.26. The molecule has 2 aromatic rings. The standard InChI is InChI=1S/C12H11BrClN3O/c13-12-15-11-10(2-1-7-17(11)16-12)18-9-5-3-8(14)4-6-9/h3-6,10H,1-2,7H2. The summed E-state index contributed by atoms with van der Waals surface area (Å²) in [6.07, 6.45) is 1.95. The molecule has 3 rings (SSSR count). The first-order chi connectivity index (χ1) is 8.72. The Bertz CT molecular complexity index is 555. The van der Waals surface area contributed by atoms with Gasteiger partial charge in [0.25, 0.3) is 0 Å². The van der Waals surface area contributed by atoms with E-state index in [4.69, 9.17) is 16.3 Å². The summed E-state index contributed by atoms with van der Waals surface area (Å²) in [6.45, 7) is 0.897. The number of ether oxygens (including phenoxy) is 1. The highest BCUT2D eigenvalue weighted by Gasteiger charge is 2.25. The van der Waals surface area contributed by atoms with Gasteiger partial charge in [-0.15, -0.1) is 5.10 Å². The fraction of sp³-hybridized carbons (Fsp3) is 0.333. The van der Waals surface area contributed by atoms with Crippen LogP contribution in [0, 0.1) is 0 Å². The van der Waals surface area contributed by atoms with E-state index in [1.165, 1.54) is 0 Å². The lowest BCUT2D eigenvalue weighted by molar-refractivity contribution is 0.155. The fourth-order valence-electron chi connectivity index (χ4n) is 2.07. The molecule has 6 heteroatoms. The van der Waals surface area contributed by atoms with Crippen LogP contribution in [-0.2, 0) is 6.54 Å². The molecule has 94 valence electrons. The zero-order valence-electron chi connectivity index (χ0n) is 9.51. The molecule has 0 amide bonds. The molecule has 1 aliphatic heterocycles. The predicted octanol–water partition coefficient (Wildman–Crippen LogP) is 3.61. The maximum atomic E-state index is 5.95. The van der Waals surface area contributed by atoms with E-state index in [1.54, 1.807) is 0 Å². The van der Waals surface area contributed by atoms with E-state index in [0.29, 0.717) is 9.76 Å². The highest BCUT2D eigenvalue weighted by molar-refractivity contribution is 9.10. The molecule has 1 aromatic carbocycles. The summed E-state index contributed by atoms with van der Waals surface area (Å²) in [7, 11) is 0. The minimum Gasteiger partial charge on any atom is -0.482 e. The molecule has 2 heterocycles. The summed E-state index contributed by atoms with van der Waals surface area (Å²) >= 11 is 9.15. The van der Waals surface area contributed by atoms with Crippen LogP contribution in [0.25, 0.3) is 0 Å². The lowest BCUT2D eigenvalue weighted by Gasteiger charge is -2.23. The Balaban J connectivity index is 1.83. The SMILES string of the molecule is Clc1ccc(OC2CCCn3nc(Br)nc32)cc1. The van der Waals surface area contributed by atoms with Gasteiger partial charge < -0.3 is 4.74 Å². The molecule has 0 saturated heterocycles. The number of hydrogen-bond acceptors (Lipinski definition) is 3. The summed E-state index contributed by atoms with van der Waals surface area (Å²) in [4.78, 5) is 4.36. The zero-order chi connectivity index (χ0) is 12.5. The maximum Gasteiger partial charge on any atom is 0.217 e. The third kappa shape index (κ3) is 2.37. The van der Waals surface area contributed by atoms with Crippen molar-refractivity contribution < 1.29 is 4.74 Å². The number of nitrogens with zero attached hydrogens (tertiary/aromatic N) is 3. The minimum atomic E-state index is -0.0428. The third-order valence-electron chi connectivity index (χ3n) is 2.89. The quantitative estimate of drug-likeness (QED) is 0.845. The van der Waals surface area contributed by atoms with Crippen molar-refractivity contribution in [3.63, 3.8) is 0 Å². The zero-order valence-corrected chi connectivity index (χ0v) is 11.9. The second-order valence-electron chi connectivity index (χ2n) is 4.16. The van der Waals surface area contributed by atoms with Crippen molar-refractivity contribution in [2.45, 2.75) is 25.5 Å². The molecule has 1 atom stereocenters. The molecule has 0 radical (unpaired) electrons. The van der Waals surface area contributed by atoms with Crippen LogP contribution in [0.2, 0.25) is 5.02 Å². The van der Waals surface area contributed by atoms with Crippen LogP contribution in [0.15, 0.2) is 29.0 Å². The number of halogens is 2. The molecule has 18 heavy (non-hydrogen) atoms. The Morgan fingerprint density at radius 3 is 2.89 bits per heavy atom. The van der Waals surface area contributed by atoms with Crippen molar-refractivity contribution in [3.8, 4) is 5.75 Å². The Hall–Kier alpha value is -1.07. The first kappa shape index (κ1) is 12.0. The van der Waals surface area contributed by atoms with E-state index < -0.39 is 0 Å². The van der Waals surface area contributed by atoms with E-state index >= 15 is 0 Å². The van der Waals surface area contributed by atoms with Crippen LogP contribution in [0.1, 0.15) is 24.8 Å². The van der Waals surface area contributed by atoms with Gasteiger partial charge in [0.1, 0.15) is 5.75 Å². The van der Waals surface area contributed by atoms with E-state index in [2.05, 4.69) is 26.0 Å². The van der Waals surface area contributed by atoms with Gasteiger partial charge in [-0.1, -0.05) is 11.6 Å². The number of hydrogen-bond donors (Lipinski definition) is 0. The molecule has 4 nitrogen and oxygen atoms in total. The largest absolute Gasteiger partial charge is 0.482 e. The second-order valence-corrected chi connectivity index (χ2v) is 5.31. The topological polar surface area (TPSA) is 39.9 Å². The molecular weight excluding hydrogens is 318 g/mol. The Morgan fingerprint density at radius 1 is 1.33 bits per heavy atom. The second kappa shape index (κ2) is 4.90. The van der Waals surface area contributed by atoms with Crippen LogP contribution in [-0.4, -0.2) is 14.8 Å². The molecule has 0 aliphatic carbocycles. The summed E-state index contributed by atoms with van der Waals surface area (Å²) in [5, 5.41) is 4.98. The number of fused-ring (bicyclic) bond motifs is 1. The normalized spacial score (nSPS) is 18.4. The average molecular weight is 329 g/mol. The van der Waals surface area contributed by atoms with Crippen molar-refractivity contribution in [1.29, 1.82) is 0 Å². The average Bonchev–Trinajstić information content (AvgIpc) is 2.73. The molecule has 0 N–H and O–H groups in total. The molecule has 0 spiro atoms. The van der Waals surface area contributed by atoms with E-state index in [0.717, 1.165) is 31.0 Å². The molecule has 0 saturated carbocycles. The van der Waals surface area contributed by atoms with Crippen molar-refractivity contribution in [2.24, 2.45) is 0 Å². The first-order valence-corrected chi connectivity index (χ1v) is 6.92. The molecule has 0 fully saturated rings. The number of aromatic nitrogens is 3. The van der Waals surface area contributed by atoms with Crippen LogP contribution in [0.3, 0.4) is 0 Å². The van der Waals surface area contributed by atoms with Crippen molar-refractivity contribution in [1.82, 2.24) is 14.8 Å². The number of benzene rings is 1. The first-order valence-electron chi connectivity index (χ1n) is 5.75. The van der Waals surface area contributed by atoms with Crippen LogP contribution >= 0.6 is 27.5 Å². The van der Waals surface area contributed by atoms with Gasteiger partial charge in [-0.05, 0) is 53.0 Å². The van der Waals surface area contributed by atoms with Gasteiger partial charge in [0, 0.05) is 11.6 Å². The fourth-order valence-corrected chi connectivity index (χ4v) is 2.57. The highest BCUT2D eigenvalue weighted by atomic mass is 79.9. The van der Waals surface area contributed by atoms with Crippen molar-refractivity contribution >= 4 is 27.5 Å². The van der Waals surface area contributed by atoms with Gasteiger partial charge in [0.05, 0.1) is 0 Å². The lowest BCUT2D eigenvalue weighted by Crippen LogP contribution is -2.21. The smallest absolute Gasteiger partial charge is 0.217 e. The van der Waals surface area contributed by atoms with E-state index in [-0.39, 0.29) is 6.10 Å². The number of aryl methyl sites for hydroxylation is 1. The van der Waals surface area contributed by atoms with Crippen molar-refractivity contribution in [2.75, 3.05) is 0 Å². The van der Waals surface area contributed by atoms with E-state index in [9.17, 15) is 0 Å². The predicted molar refractivity (Wildman–Crippen MR) is 71.8 cm³/mol. The van der Waals surface area contributed by atoms with Gasteiger partial charge >= 0.3 is 0 Å². The summed E-state index contributed by atoms with van der Waals surface area (Å²) < 4.78 is 8.46. The van der Waals surface area contributed by atoms with Crippen LogP contribution in [0.5, 0.6) is 5.75 Å². The summed E-state index contributed by atoms with van der Waals surface area (Å²) in [5.74, 6) is 1.68. The molecular formula is C12H11BrClN3O. The van der Waals surface area contributed by atoms with E-state index in [1.807, 2.05) is 28.9 Å². The maximum absolute atomic E-state index is 5.95. The van der Waals surface area contributed by atoms with Gasteiger partial charge in [-0.2, -0.15) is 0 Å². The van der Waals surface area contributed by atoms with Crippen LogP contribution < -0.4 is 4.74 Å². The molecule has 1 aliphatic rings.